The van der Waals surface area contributed by atoms with E-state index in [1.165, 1.54) is 0 Å². The van der Waals surface area contributed by atoms with E-state index in [0.717, 1.165) is 31.5 Å². The maximum atomic E-state index is 12.0. The van der Waals surface area contributed by atoms with Gasteiger partial charge in [-0.05, 0) is 31.4 Å². The minimum atomic E-state index is -0.217. The highest BCUT2D eigenvalue weighted by Crippen LogP contribution is 2.25. The molecule has 1 amide bonds. The number of benzene rings is 1. The summed E-state index contributed by atoms with van der Waals surface area (Å²) in [7, 11) is 0. The average molecular weight is 283 g/mol. The topological polar surface area (TPSA) is 52.6 Å². The van der Waals surface area contributed by atoms with Crippen molar-refractivity contribution in [2.75, 3.05) is 25.0 Å². The van der Waals surface area contributed by atoms with E-state index >= 15 is 0 Å². The highest BCUT2D eigenvalue weighted by atomic mass is 35.5. The van der Waals surface area contributed by atoms with E-state index in [0.29, 0.717) is 17.3 Å². The summed E-state index contributed by atoms with van der Waals surface area (Å²) in [6.45, 7) is 3.78. The molecule has 2 N–H and O–H groups in total. The Bertz CT molecular complexity index is 437. The molecule has 5 heteroatoms. The lowest BCUT2D eigenvalue weighted by molar-refractivity contribution is -0.117. The SMILES string of the molecule is Cc1cccc(Cl)c1NC(=O)CN1CCC(O)CC1. The number of hydrogen-bond acceptors (Lipinski definition) is 3. The molecule has 104 valence electrons. The van der Waals surface area contributed by atoms with Crippen molar-refractivity contribution in [1.82, 2.24) is 4.90 Å². The molecule has 1 fully saturated rings. The molecule has 0 radical (unpaired) electrons. The molecule has 0 saturated carbocycles. The third-order valence-electron chi connectivity index (χ3n) is 3.41. The second-order valence-electron chi connectivity index (χ2n) is 4.99. The summed E-state index contributed by atoms with van der Waals surface area (Å²) in [6, 6.07) is 5.54. The van der Waals surface area contributed by atoms with E-state index in [9.17, 15) is 9.90 Å². The number of likely N-dealkylation sites (tertiary alicyclic amines) is 1. The maximum Gasteiger partial charge on any atom is 0.238 e. The third-order valence-corrected chi connectivity index (χ3v) is 3.73. The second-order valence-corrected chi connectivity index (χ2v) is 5.39. The number of anilines is 1. The first-order chi connectivity index (χ1) is 9.06. The molecule has 1 aliphatic heterocycles. The first-order valence-corrected chi connectivity index (χ1v) is 6.89. The Balaban J connectivity index is 1.91. The van der Waals surface area contributed by atoms with E-state index in [-0.39, 0.29) is 12.0 Å². The van der Waals surface area contributed by atoms with Gasteiger partial charge in [0.25, 0.3) is 0 Å². The molecule has 1 aromatic rings. The van der Waals surface area contributed by atoms with Gasteiger partial charge in [-0.25, -0.2) is 0 Å². The summed E-state index contributed by atoms with van der Waals surface area (Å²) < 4.78 is 0. The number of rotatable bonds is 3. The minimum Gasteiger partial charge on any atom is -0.393 e. The van der Waals surface area contributed by atoms with Crippen LogP contribution in [0, 0.1) is 6.92 Å². The van der Waals surface area contributed by atoms with Crippen molar-refractivity contribution >= 4 is 23.2 Å². The zero-order chi connectivity index (χ0) is 13.8. The molecule has 19 heavy (non-hydrogen) atoms. The lowest BCUT2D eigenvalue weighted by atomic mass is 10.1. The molecule has 0 atom stereocenters. The lowest BCUT2D eigenvalue weighted by Crippen LogP contribution is -2.40. The fourth-order valence-corrected chi connectivity index (χ4v) is 2.52. The number of amides is 1. The Kier molecular flexibility index (Phi) is 4.80. The molecule has 2 rings (SSSR count). The molecule has 0 spiro atoms. The fourth-order valence-electron chi connectivity index (χ4n) is 2.25. The number of para-hydroxylation sites is 1. The quantitative estimate of drug-likeness (QED) is 0.892. The number of nitrogens with zero attached hydrogens (tertiary/aromatic N) is 1. The van der Waals surface area contributed by atoms with Gasteiger partial charge in [0.15, 0.2) is 0 Å². The minimum absolute atomic E-state index is 0.0624. The number of hydrogen-bond donors (Lipinski definition) is 2. The van der Waals surface area contributed by atoms with Gasteiger partial charge in [0.2, 0.25) is 5.91 Å². The summed E-state index contributed by atoms with van der Waals surface area (Å²) in [5.74, 6) is -0.0624. The van der Waals surface area contributed by atoms with Crippen molar-refractivity contribution in [3.05, 3.63) is 28.8 Å². The number of aryl methyl sites for hydroxylation is 1. The highest BCUT2D eigenvalue weighted by Gasteiger charge is 2.19. The summed E-state index contributed by atoms with van der Waals surface area (Å²) in [5, 5.41) is 12.8. The van der Waals surface area contributed by atoms with Gasteiger partial charge in [-0.15, -0.1) is 0 Å². The number of nitrogens with one attached hydrogen (secondary N) is 1. The van der Waals surface area contributed by atoms with E-state index in [4.69, 9.17) is 11.6 Å². The number of piperidine rings is 1. The van der Waals surface area contributed by atoms with Crippen molar-refractivity contribution in [2.45, 2.75) is 25.9 Å². The van der Waals surface area contributed by atoms with Crippen LogP contribution in [0.25, 0.3) is 0 Å². The summed E-state index contributed by atoms with van der Waals surface area (Å²) >= 11 is 6.07. The molecule has 0 bridgehead atoms. The predicted molar refractivity (Wildman–Crippen MR) is 76.5 cm³/mol. The van der Waals surface area contributed by atoms with Crippen LogP contribution in [0.5, 0.6) is 0 Å². The average Bonchev–Trinajstić information content (AvgIpc) is 2.37. The number of carbonyl (C=O) groups is 1. The van der Waals surface area contributed by atoms with Crippen molar-refractivity contribution in [3.8, 4) is 0 Å². The van der Waals surface area contributed by atoms with Crippen molar-refractivity contribution in [3.63, 3.8) is 0 Å². The molecule has 1 heterocycles. The van der Waals surface area contributed by atoms with Gasteiger partial charge < -0.3 is 10.4 Å². The van der Waals surface area contributed by atoms with Crippen LogP contribution in [0.1, 0.15) is 18.4 Å². The van der Waals surface area contributed by atoms with Crippen molar-refractivity contribution < 1.29 is 9.90 Å². The van der Waals surface area contributed by atoms with Gasteiger partial charge in [0.1, 0.15) is 0 Å². The van der Waals surface area contributed by atoms with Crippen LogP contribution in [0.15, 0.2) is 18.2 Å². The lowest BCUT2D eigenvalue weighted by Gasteiger charge is -2.28. The number of aliphatic hydroxyl groups excluding tert-OH is 1. The van der Waals surface area contributed by atoms with E-state index in [1.54, 1.807) is 6.07 Å². The zero-order valence-corrected chi connectivity index (χ0v) is 11.8. The molecule has 0 aromatic heterocycles. The Morgan fingerprint density at radius 2 is 2.16 bits per heavy atom. The summed E-state index contributed by atoms with van der Waals surface area (Å²) in [5.41, 5.74) is 1.64. The van der Waals surface area contributed by atoms with Gasteiger partial charge in [0, 0.05) is 13.1 Å². The first kappa shape index (κ1) is 14.3. The number of aliphatic hydroxyl groups is 1. The predicted octanol–water partition coefficient (Wildman–Crippen LogP) is 2.04. The molecular formula is C14H19ClN2O2. The molecule has 1 aromatic carbocycles. The largest absolute Gasteiger partial charge is 0.393 e. The summed E-state index contributed by atoms with van der Waals surface area (Å²) in [4.78, 5) is 14.0. The van der Waals surface area contributed by atoms with Crippen LogP contribution in [0.2, 0.25) is 5.02 Å². The van der Waals surface area contributed by atoms with Crippen LogP contribution in [-0.2, 0) is 4.79 Å². The number of halogens is 1. The number of carbonyl (C=O) groups excluding carboxylic acids is 1. The van der Waals surface area contributed by atoms with Gasteiger partial charge >= 0.3 is 0 Å². The van der Waals surface area contributed by atoms with Crippen LogP contribution in [-0.4, -0.2) is 41.7 Å². The smallest absolute Gasteiger partial charge is 0.238 e. The first-order valence-electron chi connectivity index (χ1n) is 6.51. The maximum absolute atomic E-state index is 12.0. The second kappa shape index (κ2) is 6.37. The molecule has 0 unspecified atom stereocenters. The van der Waals surface area contributed by atoms with Crippen molar-refractivity contribution in [1.29, 1.82) is 0 Å². The van der Waals surface area contributed by atoms with Crippen LogP contribution < -0.4 is 5.32 Å². The fraction of sp³-hybridized carbons (Fsp3) is 0.500. The zero-order valence-electron chi connectivity index (χ0n) is 11.0. The van der Waals surface area contributed by atoms with Crippen LogP contribution >= 0.6 is 11.6 Å². The van der Waals surface area contributed by atoms with Gasteiger partial charge in [0.05, 0.1) is 23.4 Å². The van der Waals surface area contributed by atoms with Crippen molar-refractivity contribution in [2.24, 2.45) is 0 Å². The van der Waals surface area contributed by atoms with E-state index in [2.05, 4.69) is 5.32 Å². The molecule has 4 nitrogen and oxygen atoms in total. The molecule has 0 aliphatic carbocycles. The van der Waals surface area contributed by atoms with Gasteiger partial charge in [-0.3, -0.25) is 9.69 Å². The molecular weight excluding hydrogens is 264 g/mol. The Labute approximate surface area is 118 Å². The Morgan fingerprint density at radius 3 is 2.79 bits per heavy atom. The third kappa shape index (κ3) is 3.93. The van der Waals surface area contributed by atoms with E-state index < -0.39 is 0 Å². The Hall–Kier alpha value is -1.10. The highest BCUT2D eigenvalue weighted by molar-refractivity contribution is 6.33. The van der Waals surface area contributed by atoms with Gasteiger partial charge in [-0.2, -0.15) is 0 Å². The molecule has 1 saturated heterocycles. The molecule has 1 aliphatic rings. The standard InChI is InChI=1S/C14H19ClN2O2/c1-10-3-2-4-12(15)14(10)16-13(19)9-17-7-5-11(18)6-8-17/h2-4,11,18H,5-9H2,1H3,(H,16,19). The monoisotopic (exact) mass is 282 g/mol. The van der Waals surface area contributed by atoms with Crippen LogP contribution in [0.3, 0.4) is 0 Å². The van der Waals surface area contributed by atoms with Crippen LogP contribution in [0.4, 0.5) is 5.69 Å². The summed E-state index contributed by atoms with van der Waals surface area (Å²) in [6.07, 6.45) is 1.25. The Morgan fingerprint density at radius 1 is 1.47 bits per heavy atom. The van der Waals surface area contributed by atoms with Gasteiger partial charge in [-0.1, -0.05) is 23.7 Å². The normalized spacial score (nSPS) is 17.4. The van der Waals surface area contributed by atoms with E-state index in [1.807, 2.05) is 24.0 Å².